The second kappa shape index (κ2) is 7.86. The van der Waals surface area contributed by atoms with Crippen molar-refractivity contribution < 1.29 is 0 Å². The van der Waals surface area contributed by atoms with E-state index < -0.39 is 0 Å². The Labute approximate surface area is 167 Å². The van der Waals surface area contributed by atoms with Gasteiger partial charge in [0.15, 0.2) is 0 Å². The van der Waals surface area contributed by atoms with Crippen LogP contribution in [0.25, 0.3) is 16.7 Å². The van der Waals surface area contributed by atoms with Gasteiger partial charge in [-0.1, -0.05) is 41.9 Å². The average molecular weight is 394 g/mol. The number of fused-ring (bicyclic) bond motifs is 1. The zero-order chi connectivity index (χ0) is 19.5. The van der Waals surface area contributed by atoms with Crippen LogP contribution < -0.4 is 10.9 Å². The standard InChI is InChI=1S/C21H20ClN5O/c1-15-25-17-10-5-6-11-19(17)26(15)13-7-12-23-18-14-24-27(21(28)20(18)22)16-8-3-2-4-9-16/h2-6,8-11,14,23H,7,12-13H2,1H3. The SMILES string of the molecule is Cc1nc2ccccc2n1CCCNc1cnn(-c2ccccc2)c(=O)c1Cl. The predicted molar refractivity (Wildman–Crippen MR) is 112 cm³/mol. The van der Waals surface area contributed by atoms with Crippen molar-refractivity contribution in [2.24, 2.45) is 0 Å². The third-order valence-corrected chi connectivity index (χ3v) is 5.00. The van der Waals surface area contributed by atoms with Crippen molar-refractivity contribution in [3.63, 3.8) is 0 Å². The Morgan fingerprint density at radius 2 is 1.82 bits per heavy atom. The van der Waals surface area contributed by atoms with Crippen molar-refractivity contribution >= 4 is 28.3 Å². The Morgan fingerprint density at radius 1 is 1.07 bits per heavy atom. The van der Waals surface area contributed by atoms with E-state index in [0.717, 1.165) is 29.8 Å². The lowest BCUT2D eigenvalue weighted by Gasteiger charge is -2.11. The van der Waals surface area contributed by atoms with Gasteiger partial charge in [0.2, 0.25) is 0 Å². The summed E-state index contributed by atoms with van der Waals surface area (Å²) < 4.78 is 3.50. The number of anilines is 1. The Morgan fingerprint density at radius 3 is 2.64 bits per heavy atom. The van der Waals surface area contributed by atoms with E-state index >= 15 is 0 Å². The highest BCUT2D eigenvalue weighted by molar-refractivity contribution is 6.32. The number of aromatic nitrogens is 4. The summed E-state index contributed by atoms with van der Waals surface area (Å²) in [4.78, 5) is 17.1. The lowest BCUT2D eigenvalue weighted by atomic mass is 10.3. The van der Waals surface area contributed by atoms with E-state index in [0.29, 0.717) is 17.9 Å². The van der Waals surface area contributed by atoms with Crippen molar-refractivity contribution in [2.75, 3.05) is 11.9 Å². The summed E-state index contributed by atoms with van der Waals surface area (Å²) in [6.45, 7) is 3.51. The van der Waals surface area contributed by atoms with Crippen molar-refractivity contribution in [1.29, 1.82) is 0 Å². The first kappa shape index (κ1) is 18.3. The molecule has 0 bridgehead atoms. The Bertz CT molecular complexity index is 1170. The molecular formula is C21H20ClN5O. The van der Waals surface area contributed by atoms with Gasteiger partial charge in [-0.25, -0.2) is 4.98 Å². The molecule has 0 spiro atoms. The number of hydrogen-bond donors (Lipinski definition) is 1. The fourth-order valence-electron chi connectivity index (χ4n) is 3.25. The summed E-state index contributed by atoms with van der Waals surface area (Å²) in [6.07, 6.45) is 2.45. The number of benzene rings is 2. The Hall–Kier alpha value is -3.12. The number of para-hydroxylation sites is 3. The molecule has 7 heteroatoms. The number of hydrogen-bond acceptors (Lipinski definition) is 4. The van der Waals surface area contributed by atoms with Gasteiger partial charge in [0.05, 0.1) is 28.6 Å². The van der Waals surface area contributed by atoms with Crippen molar-refractivity contribution in [3.8, 4) is 5.69 Å². The van der Waals surface area contributed by atoms with Crippen LogP contribution in [0, 0.1) is 6.92 Å². The van der Waals surface area contributed by atoms with E-state index in [-0.39, 0.29) is 10.6 Å². The van der Waals surface area contributed by atoms with Gasteiger partial charge < -0.3 is 9.88 Å². The van der Waals surface area contributed by atoms with Crippen LogP contribution in [0.4, 0.5) is 5.69 Å². The highest BCUT2D eigenvalue weighted by Crippen LogP contribution is 2.18. The second-order valence-corrected chi connectivity index (χ2v) is 6.88. The molecule has 0 atom stereocenters. The normalized spacial score (nSPS) is 11.1. The van der Waals surface area contributed by atoms with Crippen molar-refractivity contribution in [3.05, 3.63) is 82.0 Å². The monoisotopic (exact) mass is 393 g/mol. The van der Waals surface area contributed by atoms with Gasteiger partial charge in [-0.05, 0) is 37.6 Å². The predicted octanol–water partition coefficient (Wildman–Crippen LogP) is 4.05. The van der Waals surface area contributed by atoms with E-state index in [2.05, 4.69) is 26.0 Å². The minimum Gasteiger partial charge on any atom is -0.382 e. The van der Waals surface area contributed by atoms with E-state index in [9.17, 15) is 4.79 Å². The molecule has 4 rings (SSSR count). The van der Waals surface area contributed by atoms with E-state index in [1.54, 1.807) is 6.20 Å². The molecule has 0 unspecified atom stereocenters. The second-order valence-electron chi connectivity index (χ2n) is 6.50. The molecule has 142 valence electrons. The van der Waals surface area contributed by atoms with Crippen LogP contribution in [-0.2, 0) is 6.54 Å². The molecule has 28 heavy (non-hydrogen) atoms. The number of imidazole rings is 1. The topological polar surface area (TPSA) is 64.7 Å². The summed E-state index contributed by atoms with van der Waals surface area (Å²) in [6, 6.07) is 17.3. The molecule has 2 aromatic carbocycles. The fourth-order valence-corrected chi connectivity index (χ4v) is 3.44. The maximum absolute atomic E-state index is 12.5. The molecule has 0 radical (unpaired) electrons. The first-order valence-corrected chi connectivity index (χ1v) is 9.52. The number of nitrogens with zero attached hydrogens (tertiary/aromatic N) is 4. The highest BCUT2D eigenvalue weighted by Gasteiger charge is 2.11. The highest BCUT2D eigenvalue weighted by atomic mass is 35.5. The molecule has 1 N–H and O–H groups in total. The first-order chi connectivity index (χ1) is 13.6. The molecule has 0 amide bonds. The van der Waals surface area contributed by atoms with Gasteiger partial charge in [-0.3, -0.25) is 4.79 Å². The first-order valence-electron chi connectivity index (χ1n) is 9.14. The summed E-state index contributed by atoms with van der Waals surface area (Å²) in [5.41, 5.74) is 3.03. The molecule has 2 aromatic heterocycles. The van der Waals surface area contributed by atoms with Crippen LogP contribution in [0.3, 0.4) is 0 Å². The molecule has 0 aliphatic carbocycles. The Kier molecular flexibility index (Phi) is 5.12. The molecule has 0 saturated carbocycles. The quantitative estimate of drug-likeness (QED) is 0.502. The van der Waals surface area contributed by atoms with E-state index in [1.165, 1.54) is 4.68 Å². The minimum absolute atomic E-state index is 0.142. The lowest BCUT2D eigenvalue weighted by Crippen LogP contribution is -2.23. The third-order valence-electron chi connectivity index (χ3n) is 4.64. The van der Waals surface area contributed by atoms with Gasteiger partial charge in [0, 0.05) is 13.1 Å². The third kappa shape index (κ3) is 3.51. The van der Waals surface area contributed by atoms with E-state index in [1.807, 2.05) is 55.5 Å². The van der Waals surface area contributed by atoms with Gasteiger partial charge in [-0.2, -0.15) is 9.78 Å². The summed E-state index contributed by atoms with van der Waals surface area (Å²) in [5.74, 6) is 0.992. The number of rotatable bonds is 6. The fraction of sp³-hybridized carbons (Fsp3) is 0.190. The van der Waals surface area contributed by atoms with Gasteiger partial charge in [-0.15, -0.1) is 0 Å². The zero-order valence-electron chi connectivity index (χ0n) is 15.5. The summed E-state index contributed by atoms with van der Waals surface area (Å²) in [5, 5.41) is 7.60. The van der Waals surface area contributed by atoms with Crippen molar-refractivity contribution in [1.82, 2.24) is 19.3 Å². The van der Waals surface area contributed by atoms with Gasteiger partial charge in [0.1, 0.15) is 10.8 Å². The van der Waals surface area contributed by atoms with Crippen LogP contribution in [0.2, 0.25) is 5.02 Å². The number of aryl methyl sites for hydroxylation is 2. The smallest absolute Gasteiger partial charge is 0.292 e. The average Bonchev–Trinajstić information content (AvgIpc) is 3.04. The van der Waals surface area contributed by atoms with Crippen LogP contribution in [0.1, 0.15) is 12.2 Å². The maximum Gasteiger partial charge on any atom is 0.292 e. The van der Waals surface area contributed by atoms with E-state index in [4.69, 9.17) is 11.6 Å². The van der Waals surface area contributed by atoms with Gasteiger partial charge >= 0.3 is 0 Å². The lowest BCUT2D eigenvalue weighted by molar-refractivity contribution is 0.658. The number of nitrogens with one attached hydrogen (secondary N) is 1. The molecular weight excluding hydrogens is 374 g/mol. The molecule has 0 fully saturated rings. The van der Waals surface area contributed by atoms with Crippen LogP contribution >= 0.6 is 11.6 Å². The van der Waals surface area contributed by atoms with Crippen LogP contribution in [0.15, 0.2) is 65.6 Å². The molecule has 0 aliphatic rings. The molecule has 6 nitrogen and oxygen atoms in total. The number of halogens is 1. The Balaban J connectivity index is 1.43. The maximum atomic E-state index is 12.5. The molecule has 2 heterocycles. The summed E-state index contributed by atoms with van der Waals surface area (Å²) in [7, 11) is 0. The molecule has 0 saturated heterocycles. The van der Waals surface area contributed by atoms with Crippen LogP contribution in [0.5, 0.6) is 0 Å². The van der Waals surface area contributed by atoms with Crippen molar-refractivity contribution in [2.45, 2.75) is 19.9 Å². The zero-order valence-corrected chi connectivity index (χ0v) is 16.2. The van der Waals surface area contributed by atoms with Crippen LogP contribution in [-0.4, -0.2) is 25.9 Å². The minimum atomic E-state index is -0.339. The molecule has 4 aromatic rings. The summed E-state index contributed by atoms with van der Waals surface area (Å²) >= 11 is 6.28. The largest absolute Gasteiger partial charge is 0.382 e. The molecule has 0 aliphatic heterocycles. The van der Waals surface area contributed by atoms with Gasteiger partial charge in [0.25, 0.3) is 5.56 Å².